The first kappa shape index (κ1) is 19.5. The van der Waals surface area contributed by atoms with E-state index >= 15 is 0 Å². The van der Waals surface area contributed by atoms with Crippen molar-refractivity contribution in [3.8, 4) is 0 Å². The zero-order valence-corrected chi connectivity index (χ0v) is 16.6. The number of rotatable bonds is 6. The Bertz CT molecular complexity index is 784. The fourth-order valence-corrected chi connectivity index (χ4v) is 3.87. The minimum atomic E-state index is -0.410. The van der Waals surface area contributed by atoms with Crippen molar-refractivity contribution in [2.24, 2.45) is 0 Å². The summed E-state index contributed by atoms with van der Waals surface area (Å²) in [6, 6.07) is 9.42. The van der Waals surface area contributed by atoms with Gasteiger partial charge in [0.2, 0.25) is 5.91 Å². The van der Waals surface area contributed by atoms with E-state index in [-0.39, 0.29) is 5.91 Å². The second-order valence-electron chi connectivity index (χ2n) is 6.70. The number of esters is 1. The van der Waals surface area contributed by atoms with Crippen molar-refractivity contribution in [1.29, 1.82) is 0 Å². The summed E-state index contributed by atoms with van der Waals surface area (Å²) in [5.74, 6) is -0.473. The van der Waals surface area contributed by atoms with Gasteiger partial charge >= 0.3 is 5.97 Å². The number of nitrogens with zero attached hydrogens (tertiary/aromatic N) is 2. The highest BCUT2D eigenvalue weighted by atomic mass is 32.1. The third-order valence-electron chi connectivity index (χ3n) is 4.72. The average molecular weight is 388 g/mol. The van der Waals surface area contributed by atoms with Crippen molar-refractivity contribution in [3.63, 3.8) is 0 Å². The monoisotopic (exact) mass is 387 g/mol. The number of ether oxygens (including phenoxy) is 1. The first-order chi connectivity index (χ1) is 13.0. The van der Waals surface area contributed by atoms with Gasteiger partial charge in [-0.1, -0.05) is 12.1 Å². The van der Waals surface area contributed by atoms with E-state index in [9.17, 15) is 9.59 Å². The molecule has 0 spiro atoms. The molecular formula is C20H25N3O3S. The van der Waals surface area contributed by atoms with E-state index in [1.165, 1.54) is 12.0 Å². The second-order valence-corrected chi connectivity index (χ2v) is 7.73. The minimum Gasteiger partial charge on any atom is -0.465 e. The van der Waals surface area contributed by atoms with E-state index in [0.29, 0.717) is 17.8 Å². The van der Waals surface area contributed by atoms with Crippen LogP contribution in [0.1, 0.15) is 20.8 Å². The van der Waals surface area contributed by atoms with Crippen molar-refractivity contribution in [2.45, 2.75) is 13.5 Å². The lowest BCUT2D eigenvalue weighted by molar-refractivity contribution is -0.117. The van der Waals surface area contributed by atoms with Gasteiger partial charge in [-0.05, 0) is 36.1 Å². The number of anilines is 1. The van der Waals surface area contributed by atoms with E-state index in [1.807, 2.05) is 13.0 Å². The summed E-state index contributed by atoms with van der Waals surface area (Å²) in [5.41, 5.74) is 2.00. The number of carbonyl (C=O) groups excluding carboxylic acids is 2. The highest BCUT2D eigenvalue weighted by Crippen LogP contribution is 2.18. The number of hydrogen-bond acceptors (Lipinski definition) is 6. The molecule has 2 heterocycles. The van der Waals surface area contributed by atoms with Gasteiger partial charge in [0.25, 0.3) is 0 Å². The molecule has 0 radical (unpaired) electrons. The van der Waals surface area contributed by atoms with Gasteiger partial charge in [-0.2, -0.15) is 0 Å². The van der Waals surface area contributed by atoms with Gasteiger partial charge < -0.3 is 10.1 Å². The molecule has 0 saturated carbocycles. The molecule has 6 nitrogen and oxygen atoms in total. The van der Waals surface area contributed by atoms with E-state index in [1.54, 1.807) is 23.5 Å². The van der Waals surface area contributed by atoms with Gasteiger partial charge in [-0.25, -0.2) is 4.79 Å². The second kappa shape index (κ2) is 9.12. The number of methoxy groups -OCH3 is 1. The molecule has 1 aromatic carbocycles. The highest BCUT2D eigenvalue weighted by Gasteiger charge is 2.20. The molecule has 0 aliphatic carbocycles. The fraction of sp³-hybridized carbons (Fsp3) is 0.400. The topological polar surface area (TPSA) is 61.9 Å². The largest absolute Gasteiger partial charge is 0.465 e. The molecule has 144 valence electrons. The molecule has 0 unspecified atom stereocenters. The number of benzene rings is 1. The van der Waals surface area contributed by atoms with Gasteiger partial charge in [0, 0.05) is 43.3 Å². The van der Waals surface area contributed by atoms with Crippen LogP contribution in [0.5, 0.6) is 0 Å². The molecule has 1 amide bonds. The van der Waals surface area contributed by atoms with Gasteiger partial charge in [0.1, 0.15) is 0 Å². The van der Waals surface area contributed by atoms with Gasteiger partial charge in [0.15, 0.2) is 0 Å². The molecule has 1 N–H and O–H groups in total. The van der Waals surface area contributed by atoms with Gasteiger partial charge in [-0.3, -0.25) is 14.6 Å². The lowest BCUT2D eigenvalue weighted by atomic mass is 10.1. The maximum Gasteiger partial charge on any atom is 0.337 e. The first-order valence-corrected chi connectivity index (χ1v) is 9.89. The van der Waals surface area contributed by atoms with Crippen LogP contribution in [0, 0.1) is 6.92 Å². The molecule has 3 rings (SSSR count). The van der Waals surface area contributed by atoms with Crippen LogP contribution in [0.15, 0.2) is 35.7 Å². The Hall–Kier alpha value is -2.22. The number of carbonyl (C=O) groups is 2. The Kier molecular flexibility index (Phi) is 6.60. The number of thiophene rings is 1. The summed E-state index contributed by atoms with van der Waals surface area (Å²) in [6.45, 7) is 6.91. The molecule has 27 heavy (non-hydrogen) atoms. The van der Waals surface area contributed by atoms with Crippen LogP contribution in [0.25, 0.3) is 0 Å². The number of nitrogens with one attached hydrogen (secondary N) is 1. The summed E-state index contributed by atoms with van der Waals surface area (Å²) in [6.07, 6.45) is 0. The molecule has 0 atom stereocenters. The number of hydrogen-bond donors (Lipinski definition) is 1. The minimum absolute atomic E-state index is 0.0631. The van der Waals surface area contributed by atoms with Crippen LogP contribution in [-0.4, -0.2) is 61.5 Å². The summed E-state index contributed by atoms with van der Waals surface area (Å²) in [5, 5.41) is 5.03. The molecular weight excluding hydrogens is 362 g/mol. The predicted molar refractivity (Wildman–Crippen MR) is 107 cm³/mol. The fourth-order valence-electron chi connectivity index (χ4n) is 3.12. The Morgan fingerprint density at radius 2 is 1.89 bits per heavy atom. The van der Waals surface area contributed by atoms with Crippen LogP contribution in [0.4, 0.5) is 5.69 Å². The number of amides is 1. The van der Waals surface area contributed by atoms with E-state index in [0.717, 1.165) is 38.3 Å². The Balaban J connectivity index is 1.49. The van der Waals surface area contributed by atoms with Crippen LogP contribution >= 0.6 is 11.3 Å². The van der Waals surface area contributed by atoms with Crippen LogP contribution in [0.2, 0.25) is 0 Å². The molecule has 7 heteroatoms. The Morgan fingerprint density at radius 1 is 1.15 bits per heavy atom. The first-order valence-electron chi connectivity index (χ1n) is 9.01. The van der Waals surface area contributed by atoms with Crippen molar-refractivity contribution in [3.05, 3.63) is 51.7 Å². The third kappa shape index (κ3) is 5.38. The molecule has 2 aromatic rings. The van der Waals surface area contributed by atoms with Crippen molar-refractivity contribution in [2.75, 3.05) is 45.2 Å². The summed E-state index contributed by atoms with van der Waals surface area (Å²) in [4.78, 5) is 30.1. The third-order valence-corrected chi connectivity index (χ3v) is 5.59. The lowest BCUT2D eigenvalue weighted by Gasteiger charge is -2.34. The Labute approximate surface area is 163 Å². The molecule has 1 fully saturated rings. The standard InChI is InChI=1S/C20H25N3O3S/c1-15-5-6-16(20(25)26-2)12-18(15)21-19(24)14-23-9-7-22(8-10-23)13-17-4-3-11-27-17/h3-6,11-12H,7-10,13-14H2,1-2H3,(H,21,24). The summed E-state index contributed by atoms with van der Waals surface area (Å²) < 4.78 is 4.74. The zero-order valence-electron chi connectivity index (χ0n) is 15.7. The van der Waals surface area contributed by atoms with Gasteiger partial charge in [0.05, 0.1) is 19.2 Å². The highest BCUT2D eigenvalue weighted by molar-refractivity contribution is 7.09. The average Bonchev–Trinajstić information content (AvgIpc) is 3.17. The van der Waals surface area contributed by atoms with Crippen molar-refractivity contribution >= 4 is 28.9 Å². The maximum atomic E-state index is 12.4. The van der Waals surface area contributed by atoms with E-state index in [2.05, 4.69) is 32.6 Å². The molecule has 1 aliphatic rings. The zero-order chi connectivity index (χ0) is 19.2. The van der Waals surface area contributed by atoms with E-state index in [4.69, 9.17) is 4.74 Å². The van der Waals surface area contributed by atoms with Crippen molar-refractivity contribution in [1.82, 2.24) is 9.80 Å². The molecule has 0 bridgehead atoms. The normalized spacial score (nSPS) is 15.5. The number of aryl methyl sites for hydroxylation is 1. The lowest BCUT2D eigenvalue weighted by Crippen LogP contribution is -2.48. The number of piperazine rings is 1. The quantitative estimate of drug-likeness (QED) is 0.772. The Morgan fingerprint density at radius 3 is 2.56 bits per heavy atom. The predicted octanol–water partition coefficient (Wildman–Crippen LogP) is 2.60. The summed E-state index contributed by atoms with van der Waals surface area (Å²) >= 11 is 1.78. The molecule has 1 saturated heterocycles. The van der Waals surface area contributed by atoms with Crippen LogP contribution < -0.4 is 5.32 Å². The maximum absolute atomic E-state index is 12.4. The van der Waals surface area contributed by atoms with Crippen molar-refractivity contribution < 1.29 is 14.3 Å². The van der Waals surface area contributed by atoms with Crippen LogP contribution in [-0.2, 0) is 16.1 Å². The van der Waals surface area contributed by atoms with Crippen LogP contribution in [0.3, 0.4) is 0 Å². The molecule has 1 aromatic heterocycles. The smallest absolute Gasteiger partial charge is 0.337 e. The SMILES string of the molecule is COC(=O)c1ccc(C)c(NC(=O)CN2CCN(Cc3cccs3)CC2)c1. The van der Waals surface area contributed by atoms with E-state index < -0.39 is 5.97 Å². The molecule has 1 aliphatic heterocycles. The van der Waals surface area contributed by atoms with Gasteiger partial charge in [-0.15, -0.1) is 11.3 Å². The summed E-state index contributed by atoms with van der Waals surface area (Å²) in [7, 11) is 1.35.